The normalized spacial score (nSPS) is 18.2. The van der Waals surface area contributed by atoms with Crippen LogP contribution >= 0.6 is 0 Å². The Morgan fingerprint density at radius 3 is 2.82 bits per heavy atom. The van der Waals surface area contributed by atoms with Gasteiger partial charge in [0.05, 0.1) is 29.6 Å². The molecule has 1 saturated heterocycles. The SMILES string of the molecule is O=C(O)C1CCCN(C(=O)c2ccccc2-n2ccnn2)C1. The molecule has 0 radical (unpaired) electrons. The number of likely N-dealkylation sites (tertiary alicyclic amines) is 1. The van der Waals surface area contributed by atoms with Gasteiger partial charge in [0.25, 0.3) is 5.91 Å². The molecule has 0 bridgehead atoms. The summed E-state index contributed by atoms with van der Waals surface area (Å²) in [6.07, 6.45) is 4.53. The number of piperidine rings is 1. The van der Waals surface area contributed by atoms with E-state index in [1.165, 1.54) is 4.68 Å². The maximum Gasteiger partial charge on any atom is 0.308 e. The van der Waals surface area contributed by atoms with E-state index >= 15 is 0 Å². The van der Waals surface area contributed by atoms with E-state index in [0.29, 0.717) is 30.6 Å². The number of carbonyl (C=O) groups is 2. The number of amides is 1. The van der Waals surface area contributed by atoms with Gasteiger partial charge in [-0.2, -0.15) is 0 Å². The van der Waals surface area contributed by atoms with E-state index in [1.807, 2.05) is 6.07 Å². The highest BCUT2D eigenvalue weighted by Crippen LogP contribution is 2.21. The Bertz CT molecular complexity index is 684. The molecule has 22 heavy (non-hydrogen) atoms. The molecule has 3 rings (SSSR count). The van der Waals surface area contributed by atoms with Crippen LogP contribution in [-0.2, 0) is 4.79 Å². The minimum absolute atomic E-state index is 0.169. The predicted molar refractivity (Wildman–Crippen MR) is 77.6 cm³/mol. The van der Waals surface area contributed by atoms with Crippen molar-refractivity contribution in [1.82, 2.24) is 19.9 Å². The monoisotopic (exact) mass is 300 g/mol. The molecule has 1 aromatic heterocycles. The number of aliphatic carboxylic acids is 1. The van der Waals surface area contributed by atoms with Crippen molar-refractivity contribution in [2.75, 3.05) is 13.1 Å². The Morgan fingerprint density at radius 1 is 1.27 bits per heavy atom. The van der Waals surface area contributed by atoms with Crippen molar-refractivity contribution < 1.29 is 14.7 Å². The second-order valence-corrected chi connectivity index (χ2v) is 5.29. The quantitative estimate of drug-likeness (QED) is 0.920. The van der Waals surface area contributed by atoms with Gasteiger partial charge in [-0.05, 0) is 25.0 Å². The molecule has 0 saturated carbocycles. The average Bonchev–Trinajstić information content (AvgIpc) is 3.08. The molecule has 7 nitrogen and oxygen atoms in total. The fraction of sp³-hybridized carbons (Fsp3) is 0.333. The van der Waals surface area contributed by atoms with Gasteiger partial charge in [-0.3, -0.25) is 9.59 Å². The zero-order chi connectivity index (χ0) is 15.5. The van der Waals surface area contributed by atoms with Gasteiger partial charge < -0.3 is 10.0 Å². The first-order valence-corrected chi connectivity index (χ1v) is 7.14. The molecule has 2 heterocycles. The zero-order valence-corrected chi connectivity index (χ0v) is 11.9. The maximum atomic E-state index is 12.8. The van der Waals surface area contributed by atoms with Crippen molar-refractivity contribution in [3.63, 3.8) is 0 Å². The number of carboxylic acids is 1. The van der Waals surface area contributed by atoms with Gasteiger partial charge in [0.1, 0.15) is 0 Å². The molecule has 1 aliphatic heterocycles. The molecule has 2 aromatic rings. The molecule has 1 atom stereocenters. The number of hydrogen-bond donors (Lipinski definition) is 1. The Morgan fingerprint density at radius 2 is 2.09 bits per heavy atom. The third-order valence-corrected chi connectivity index (χ3v) is 3.86. The summed E-state index contributed by atoms with van der Waals surface area (Å²) >= 11 is 0. The summed E-state index contributed by atoms with van der Waals surface area (Å²) in [4.78, 5) is 25.5. The molecule has 0 spiro atoms. The van der Waals surface area contributed by atoms with E-state index in [9.17, 15) is 9.59 Å². The molecule has 1 unspecified atom stereocenters. The number of nitrogens with zero attached hydrogens (tertiary/aromatic N) is 4. The lowest BCUT2D eigenvalue weighted by Gasteiger charge is -2.31. The fourth-order valence-electron chi connectivity index (χ4n) is 2.72. The van der Waals surface area contributed by atoms with Gasteiger partial charge in [0.15, 0.2) is 0 Å². The van der Waals surface area contributed by atoms with E-state index in [1.54, 1.807) is 35.5 Å². The van der Waals surface area contributed by atoms with Gasteiger partial charge in [-0.1, -0.05) is 17.3 Å². The van der Waals surface area contributed by atoms with E-state index in [2.05, 4.69) is 10.3 Å². The second-order valence-electron chi connectivity index (χ2n) is 5.29. The molecular formula is C15H16N4O3. The number of carboxylic acid groups (broad SMARTS) is 1. The second kappa shape index (κ2) is 5.97. The van der Waals surface area contributed by atoms with Gasteiger partial charge in [-0.15, -0.1) is 5.10 Å². The molecule has 1 fully saturated rings. The summed E-state index contributed by atoms with van der Waals surface area (Å²) in [5, 5.41) is 16.8. The predicted octanol–water partition coefficient (Wildman–Crippen LogP) is 1.20. The van der Waals surface area contributed by atoms with Crippen LogP contribution in [0, 0.1) is 5.92 Å². The van der Waals surface area contributed by atoms with E-state index < -0.39 is 11.9 Å². The van der Waals surface area contributed by atoms with Gasteiger partial charge in [0, 0.05) is 13.1 Å². The van der Waals surface area contributed by atoms with Gasteiger partial charge in [-0.25, -0.2) is 4.68 Å². The topological polar surface area (TPSA) is 88.3 Å². The molecule has 1 N–H and O–H groups in total. The highest BCUT2D eigenvalue weighted by molar-refractivity contribution is 5.98. The van der Waals surface area contributed by atoms with Crippen LogP contribution in [0.25, 0.3) is 5.69 Å². The van der Waals surface area contributed by atoms with Crippen LogP contribution in [0.15, 0.2) is 36.7 Å². The lowest BCUT2D eigenvalue weighted by molar-refractivity contribution is -0.143. The third kappa shape index (κ3) is 2.69. The summed E-state index contributed by atoms with van der Waals surface area (Å²) in [5.74, 6) is -1.50. The number of hydrogen-bond acceptors (Lipinski definition) is 4. The van der Waals surface area contributed by atoms with Gasteiger partial charge in [0.2, 0.25) is 0 Å². The first-order chi connectivity index (χ1) is 10.7. The van der Waals surface area contributed by atoms with Crippen LogP contribution in [0.4, 0.5) is 0 Å². The number of aromatic nitrogens is 3. The lowest BCUT2D eigenvalue weighted by Crippen LogP contribution is -2.42. The van der Waals surface area contributed by atoms with Gasteiger partial charge >= 0.3 is 5.97 Å². The summed E-state index contributed by atoms with van der Waals surface area (Å²) in [7, 11) is 0. The Balaban J connectivity index is 1.88. The van der Waals surface area contributed by atoms with Crippen LogP contribution in [0.1, 0.15) is 23.2 Å². The van der Waals surface area contributed by atoms with Crippen molar-refractivity contribution in [3.05, 3.63) is 42.2 Å². The molecule has 1 amide bonds. The standard InChI is InChI=1S/C15H16N4O3/c20-14(18-8-3-4-11(10-18)15(21)22)12-5-1-2-6-13(12)19-9-7-16-17-19/h1-2,5-7,9,11H,3-4,8,10H2,(H,21,22). The first kappa shape index (κ1) is 14.2. The van der Waals surface area contributed by atoms with Crippen molar-refractivity contribution in [1.29, 1.82) is 0 Å². The highest BCUT2D eigenvalue weighted by Gasteiger charge is 2.29. The molecular weight excluding hydrogens is 284 g/mol. The van der Waals surface area contributed by atoms with Crippen molar-refractivity contribution in [3.8, 4) is 5.69 Å². The Hall–Kier alpha value is -2.70. The zero-order valence-electron chi connectivity index (χ0n) is 11.9. The minimum atomic E-state index is -0.845. The molecule has 114 valence electrons. The Kier molecular flexibility index (Phi) is 3.86. The average molecular weight is 300 g/mol. The van der Waals surface area contributed by atoms with Crippen LogP contribution in [0.5, 0.6) is 0 Å². The molecule has 0 aliphatic carbocycles. The number of benzene rings is 1. The fourth-order valence-corrected chi connectivity index (χ4v) is 2.72. The lowest BCUT2D eigenvalue weighted by atomic mass is 9.97. The van der Waals surface area contributed by atoms with E-state index in [-0.39, 0.29) is 12.5 Å². The van der Waals surface area contributed by atoms with Crippen LogP contribution < -0.4 is 0 Å². The summed E-state index contributed by atoms with van der Waals surface area (Å²) in [6.45, 7) is 0.828. The van der Waals surface area contributed by atoms with Crippen molar-refractivity contribution >= 4 is 11.9 Å². The maximum absolute atomic E-state index is 12.8. The highest BCUT2D eigenvalue weighted by atomic mass is 16.4. The third-order valence-electron chi connectivity index (χ3n) is 3.86. The van der Waals surface area contributed by atoms with Crippen LogP contribution in [0.3, 0.4) is 0 Å². The molecule has 1 aromatic carbocycles. The summed E-state index contributed by atoms with van der Waals surface area (Å²) in [5.41, 5.74) is 1.14. The van der Waals surface area contributed by atoms with Crippen molar-refractivity contribution in [2.24, 2.45) is 5.92 Å². The summed E-state index contributed by atoms with van der Waals surface area (Å²) in [6, 6.07) is 7.13. The number of para-hydroxylation sites is 1. The number of rotatable bonds is 3. The smallest absolute Gasteiger partial charge is 0.308 e. The van der Waals surface area contributed by atoms with Crippen LogP contribution in [-0.4, -0.2) is 50.0 Å². The first-order valence-electron chi connectivity index (χ1n) is 7.14. The largest absolute Gasteiger partial charge is 0.481 e. The number of carbonyl (C=O) groups excluding carboxylic acids is 1. The van der Waals surface area contributed by atoms with E-state index in [4.69, 9.17) is 5.11 Å². The molecule has 1 aliphatic rings. The minimum Gasteiger partial charge on any atom is -0.481 e. The Labute approximate surface area is 127 Å². The summed E-state index contributed by atoms with van der Waals surface area (Å²) < 4.78 is 1.53. The van der Waals surface area contributed by atoms with Crippen LogP contribution in [0.2, 0.25) is 0 Å². The van der Waals surface area contributed by atoms with E-state index in [0.717, 1.165) is 0 Å². The molecule has 7 heteroatoms. The van der Waals surface area contributed by atoms with Crippen molar-refractivity contribution in [2.45, 2.75) is 12.8 Å².